The molecule has 0 atom stereocenters. The maximum Gasteiger partial charge on any atom is 0.0223 e. The quantitative estimate of drug-likeness (QED) is 0.557. The van der Waals surface area contributed by atoms with Gasteiger partial charge in [-0.3, -0.25) is 0 Å². The second-order valence-electron chi connectivity index (χ2n) is 2.78. The molecule has 0 aliphatic heterocycles. The molecular weight excluding hydrogens is 235 g/mol. The Kier molecular flexibility index (Phi) is 4.70. The smallest absolute Gasteiger partial charge is 0.0223 e. The van der Waals surface area contributed by atoms with Gasteiger partial charge in [-0.15, -0.1) is 11.6 Å². The molecule has 0 N–H and O–H groups in total. The van der Waals surface area contributed by atoms with Gasteiger partial charge < -0.3 is 0 Å². The SMILES string of the molecule is ClCCCCc1cccc(Br)c1. The van der Waals surface area contributed by atoms with E-state index >= 15 is 0 Å². The minimum atomic E-state index is 0.772. The number of rotatable bonds is 4. The number of unbranched alkanes of at least 4 members (excludes halogenated alkanes) is 1. The molecule has 0 fully saturated rings. The van der Waals surface area contributed by atoms with Crippen LogP contribution < -0.4 is 0 Å². The summed E-state index contributed by atoms with van der Waals surface area (Å²) in [4.78, 5) is 0. The number of halogens is 2. The van der Waals surface area contributed by atoms with Crippen LogP contribution in [0, 0.1) is 0 Å². The molecule has 0 radical (unpaired) electrons. The molecule has 1 aromatic rings. The molecular formula is C10H12BrCl. The first-order valence-corrected chi connectivity index (χ1v) is 5.46. The summed E-state index contributed by atoms with van der Waals surface area (Å²) in [6, 6.07) is 8.43. The lowest BCUT2D eigenvalue weighted by molar-refractivity contribution is 0.799. The van der Waals surface area contributed by atoms with Crippen LogP contribution in [-0.2, 0) is 6.42 Å². The Morgan fingerprint density at radius 1 is 1.25 bits per heavy atom. The van der Waals surface area contributed by atoms with Gasteiger partial charge in [0.15, 0.2) is 0 Å². The van der Waals surface area contributed by atoms with Gasteiger partial charge in [0.25, 0.3) is 0 Å². The first kappa shape index (κ1) is 10.1. The zero-order chi connectivity index (χ0) is 8.81. The van der Waals surface area contributed by atoms with Gasteiger partial charge in [0.05, 0.1) is 0 Å². The molecule has 0 saturated carbocycles. The minimum Gasteiger partial charge on any atom is -0.127 e. The number of benzene rings is 1. The highest BCUT2D eigenvalue weighted by atomic mass is 79.9. The Bertz CT molecular complexity index is 235. The molecule has 2 heteroatoms. The third-order valence-corrected chi connectivity index (χ3v) is 2.50. The Morgan fingerprint density at radius 2 is 2.08 bits per heavy atom. The zero-order valence-electron chi connectivity index (χ0n) is 6.89. The van der Waals surface area contributed by atoms with E-state index in [1.165, 1.54) is 12.0 Å². The summed E-state index contributed by atoms with van der Waals surface area (Å²) in [5.41, 5.74) is 1.38. The van der Waals surface area contributed by atoms with E-state index < -0.39 is 0 Å². The largest absolute Gasteiger partial charge is 0.127 e. The van der Waals surface area contributed by atoms with Crippen molar-refractivity contribution in [2.75, 3.05) is 5.88 Å². The lowest BCUT2D eigenvalue weighted by Gasteiger charge is -1.99. The fourth-order valence-corrected chi connectivity index (χ4v) is 1.75. The number of hydrogen-bond acceptors (Lipinski definition) is 0. The van der Waals surface area contributed by atoms with Crippen LogP contribution in [0.3, 0.4) is 0 Å². The maximum atomic E-state index is 5.59. The van der Waals surface area contributed by atoms with Gasteiger partial charge in [-0.05, 0) is 37.0 Å². The van der Waals surface area contributed by atoms with E-state index in [4.69, 9.17) is 11.6 Å². The van der Waals surface area contributed by atoms with E-state index in [0.29, 0.717) is 0 Å². The fraction of sp³-hybridized carbons (Fsp3) is 0.400. The van der Waals surface area contributed by atoms with Crippen molar-refractivity contribution in [3.63, 3.8) is 0 Å². The van der Waals surface area contributed by atoms with Crippen LogP contribution in [-0.4, -0.2) is 5.88 Å². The second kappa shape index (κ2) is 5.60. The van der Waals surface area contributed by atoms with Crippen molar-refractivity contribution in [3.05, 3.63) is 34.3 Å². The van der Waals surface area contributed by atoms with Gasteiger partial charge in [-0.2, -0.15) is 0 Å². The van der Waals surface area contributed by atoms with Gasteiger partial charge in [-0.1, -0.05) is 28.1 Å². The van der Waals surface area contributed by atoms with Gasteiger partial charge in [0.1, 0.15) is 0 Å². The molecule has 0 aromatic heterocycles. The third-order valence-electron chi connectivity index (χ3n) is 1.74. The predicted molar refractivity (Wildman–Crippen MR) is 57.8 cm³/mol. The van der Waals surface area contributed by atoms with Crippen LogP contribution in [0.2, 0.25) is 0 Å². The van der Waals surface area contributed by atoms with Crippen molar-refractivity contribution in [2.24, 2.45) is 0 Å². The summed E-state index contributed by atoms with van der Waals surface area (Å²) < 4.78 is 1.16. The van der Waals surface area contributed by atoms with Crippen LogP contribution in [0.5, 0.6) is 0 Å². The summed E-state index contributed by atoms with van der Waals surface area (Å²) in [7, 11) is 0. The van der Waals surface area contributed by atoms with E-state index in [-0.39, 0.29) is 0 Å². The van der Waals surface area contributed by atoms with E-state index in [9.17, 15) is 0 Å². The summed E-state index contributed by atoms with van der Waals surface area (Å²) >= 11 is 9.03. The lowest BCUT2D eigenvalue weighted by Crippen LogP contribution is -1.85. The first-order valence-electron chi connectivity index (χ1n) is 4.13. The number of hydrogen-bond donors (Lipinski definition) is 0. The Labute approximate surface area is 87.1 Å². The average Bonchev–Trinajstić information content (AvgIpc) is 2.05. The minimum absolute atomic E-state index is 0.772. The molecule has 0 aliphatic carbocycles. The Morgan fingerprint density at radius 3 is 2.75 bits per heavy atom. The third kappa shape index (κ3) is 3.59. The molecule has 0 aliphatic rings. The Balaban J connectivity index is 2.41. The highest BCUT2D eigenvalue weighted by molar-refractivity contribution is 9.10. The van der Waals surface area contributed by atoms with E-state index in [0.717, 1.165) is 23.2 Å². The molecule has 0 nitrogen and oxygen atoms in total. The summed E-state index contributed by atoms with van der Waals surface area (Å²) in [6.07, 6.45) is 3.42. The zero-order valence-corrected chi connectivity index (χ0v) is 9.24. The summed E-state index contributed by atoms with van der Waals surface area (Å²) in [6.45, 7) is 0. The molecule has 0 spiro atoms. The van der Waals surface area contributed by atoms with Gasteiger partial charge in [-0.25, -0.2) is 0 Å². The van der Waals surface area contributed by atoms with Crippen molar-refractivity contribution >= 4 is 27.5 Å². The van der Waals surface area contributed by atoms with Crippen molar-refractivity contribution in [1.82, 2.24) is 0 Å². The van der Waals surface area contributed by atoms with Gasteiger partial charge in [0.2, 0.25) is 0 Å². The highest BCUT2D eigenvalue weighted by Gasteiger charge is 1.93. The maximum absolute atomic E-state index is 5.59. The lowest BCUT2D eigenvalue weighted by atomic mass is 10.1. The molecule has 0 heterocycles. The van der Waals surface area contributed by atoms with E-state index in [1.807, 2.05) is 6.07 Å². The summed E-state index contributed by atoms with van der Waals surface area (Å²) in [5, 5.41) is 0. The molecule has 66 valence electrons. The van der Waals surface area contributed by atoms with E-state index in [2.05, 4.69) is 34.1 Å². The standard InChI is InChI=1S/C10H12BrCl/c11-10-6-3-5-9(8-10)4-1-2-7-12/h3,5-6,8H,1-2,4,7H2. The molecule has 0 bridgehead atoms. The molecule has 0 unspecified atom stereocenters. The molecule has 1 rings (SSSR count). The average molecular weight is 248 g/mol. The number of aryl methyl sites for hydroxylation is 1. The topological polar surface area (TPSA) is 0 Å². The molecule has 1 aromatic carbocycles. The highest BCUT2D eigenvalue weighted by Crippen LogP contribution is 2.13. The fourth-order valence-electron chi connectivity index (χ4n) is 1.12. The van der Waals surface area contributed by atoms with Gasteiger partial charge in [0, 0.05) is 10.4 Å². The van der Waals surface area contributed by atoms with Crippen molar-refractivity contribution in [2.45, 2.75) is 19.3 Å². The van der Waals surface area contributed by atoms with Crippen LogP contribution >= 0.6 is 27.5 Å². The second-order valence-corrected chi connectivity index (χ2v) is 4.07. The van der Waals surface area contributed by atoms with E-state index in [1.54, 1.807) is 0 Å². The monoisotopic (exact) mass is 246 g/mol. The molecule has 0 amide bonds. The van der Waals surface area contributed by atoms with Crippen LogP contribution in [0.15, 0.2) is 28.7 Å². The normalized spacial score (nSPS) is 10.2. The summed E-state index contributed by atoms with van der Waals surface area (Å²) in [5.74, 6) is 0.772. The number of alkyl halides is 1. The van der Waals surface area contributed by atoms with Crippen molar-refractivity contribution in [1.29, 1.82) is 0 Å². The van der Waals surface area contributed by atoms with Crippen molar-refractivity contribution < 1.29 is 0 Å². The Hall–Kier alpha value is -0.0100. The van der Waals surface area contributed by atoms with Crippen LogP contribution in [0.25, 0.3) is 0 Å². The first-order chi connectivity index (χ1) is 5.83. The van der Waals surface area contributed by atoms with Crippen molar-refractivity contribution in [3.8, 4) is 0 Å². The van der Waals surface area contributed by atoms with Gasteiger partial charge >= 0.3 is 0 Å². The van der Waals surface area contributed by atoms with Crippen LogP contribution in [0.4, 0.5) is 0 Å². The van der Waals surface area contributed by atoms with Crippen LogP contribution in [0.1, 0.15) is 18.4 Å². The predicted octanol–water partition coefficient (Wildman–Crippen LogP) is 4.01. The molecule has 0 saturated heterocycles. The molecule has 12 heavy (non-hydrogen) atoms.